The van der Waals surface area contributed by atoms with E-state index in [2.05, 4.69) is 39.8 Å². The Morgan fingerprint density at radius 1 is 1.00 bits per heavy atom. The zero-order valence-corrected chi connectivity index (χ0v) is 15.2. The average molecular weight is 355 g/mol. The smallest absolute Gasteiger partial charge is 0.319 e. The summed E-state index contributed by atoms with van der Waals surface area (Å²) in [5, 5.41) is 5.92. The number of benzene rings is 2. The van der Waals surface area contributed by atoms with Gasteiger partial charge in [0, 0.05) is 36.6 Å². The molecule has 2 aromatic carbocycles. The van der Waals surface area contributed by atoms with Crippen LogP contribution in [0.1, 0.15) is 12.8 Å². The molecule has 138 valence electrons. The molecular weight excluding hydrogens is 330 g/mol. The van der Waals surface area contributed by atoms with Crippen molar-refractivity contribution < 1.29 is 14.3 Å². The van der Waals surface area contributed by atoms with Crippen LogP contribution in [0.3, 0.4) is 0 Å². The first kappa shape index (κ1) is 17.9. The van der Waals surface area contributed by atoms with Gasteiger partial charge in [0.05, 0.1) is 14.2 Å². The number of urea groups is 1. The third-order valence-electron chi connectivity index (χ3n) is 4.59. The summed E-state index contributed by atoms with van der Waals surface area (Å²) in [5.41, 5.74) is 1.91. The van der Waals surface area contributed by atoms with Gasteiger partial charge in [-0.25, -0.2) is 4.79 Å². The molecule has 2 aromatic rings. The molecule has 0 atom stereocenters. The van der Waals surface area contributed by atoms with Gasteiger partial charge in [0.25, 0.3) is 0 Å². The molecule has 1 heterocycles. The molecule has 6 heteroatoms. The van der Waals surface area contributed by atoms with E-state index in [4.69, 9.17) is 9.47 Å². The summed E-state index contributed by atoms with van der Waals surface area (Å²) in [4.78, 5) is 14.6. The van der Waals surface area contributed by atoms with Gasteiger partial charge in [-0.05, 0) is 37.1 Å². The lowest BCUT2D eigenvalue weighted by Gasteiger charge is -2.34. The van der Waals surface area contributed by atoms with Crippen molar-refractivity contribution in [1.29, 1.82) is 0 Å². The number of amides is 2. The maximum atomic E-state index is 12.3. The molecule has 1 aliphatic heterocycles. The van der Waals surface area contributed by atoms with E-state index in [1.54, 1.807) is 32.4 Å². The summed E-state index contributed by atoms with van der Waals surface area (Å²) < 4.78 is 10.5. The summed E-state index contributed by atoms with van der Waals surface area (Å²) >= 11 is 0. The van der Waals surface area contributed by atoms with Crippen molar-refractivity contribution in [3.05, 3.63) is 48.5 Å². The first-order valence-electron chi connectivity index (χ1n) is 8.79. The minimum Gasteiger partial charge on any atom is -0.493 e. The number of rotatable bonds is 5. The molecule has 0 aromatic heterocycles. The summed E-state index contributed by atoms with van der Waals surface area (Å²) in [6, 6.07) is 15.7. The number of ether oxygens (including phenoxy) is 2. The van der Waals surface area contributed by atoms with Crippen molar-refractivity contribution in [3.63, 3.8) is 0 Å². The molecule has 2 N–H and O–H groups in total. The molecule has 0 spiro atoms. The number of para-hydroxylation sites is 1. The number of carbonyl (C=O) groups excluding carboxylic acids is 1. The highest BCUT2D eigenvalue weighted by Crippen LogP contribution is 2.29. The summed E-state index contributed by atoms with van der Waals surface area (Å²) in [7, 11) is 3.15. The Bertz CT molecular complexity index is 728. The van der Waals surface area contributed by atoms with Crippen molar-refractivity contribution >= 4 is 17.4 Å². The Kier molecular flexibility index (Phi) is 5.84. The maximum Gasteiger partial charge on any atom is 0.319 e. The largest absolute Gasteiger partial charge is 0.493 e. The van der Waals surface area contributed by atoms with Crippen LogP contribution in [0.2, 0.25) is 0 Å². The van der Waals surface area contributed by atoms with Gasteiger partial charge < -0.3 is 25.0 Å². The van der Waals surface area contributed by atoms with Crippen molar-refractivity contribution in [1.82, 2.24) is 5.32 Å². The second-order valence-electron chi connectivity index (χ2n) is 6.27. The topological polar surface area (TPSA) is 62.8 Å². The molecule has 26 heavy (non-hydrogen) atoms. The van der Waals surface area contributed by atoms with Crippen LogP contribution in [-0.2, 0) is 0 Å². The molecule has 6 nitrogen and oxygen atoms in total. The number of hydrogen-bond donors (Lipinski definition) is 2. The fourth-order valence-electron chi connectivity index (χ4n) is 3.19. The maximum absolute atomic E-state index is 12.3. The van der Waals surface area contributed by atoms with Crippen LogP contribution in [0.15, 0.2) is 48.5 Å². The van der Waals surface area contributed by atoms with Gasteiger partial charge in [-0.2, -0.15) is 0 Å². The highest BCUT2D eigenvalue weighted by atomic mass is 16.5. The van der Waals surface area contributed by atoms with Crippen molar-refractivity contribution in [2.24, 2.45) is 0 Å². The van der Waals surface area contributed by atoms with Gasteiger partial charge in [0.1, 0.15) is 0 Å². The predicted octanol–water partition coefficient (Wildman–Crippen LogP) is 3.49. The standard InChI is InChI=1S/C20H25N3O3/c1-25-18-9-8-16(14-19(18)26-2)22-20(24)21-15-10-12-23(13-11-15)17-6-4-3-5-7-17/h3-9,14-15H,10-13H2,1-2H3,(H2,21,22,24). The van der Waals surface area contributed by atoms with Crippen LogP contribution in [0, 0.1) is 0 Å². The lowest BCUT2D eigenvalue weighted by Crippen LogP contribution is -2.46. The Morgan fingerprint density at radius 3 is 2.35 bits per heavy atom. The van der Waals surface area contributed by atoms with E-state index < -0.39 is 0 Å². The number of nitrogens with one attached hydrogen (secondary N) is 2. The van der Waals surface area contributed by atoms with Crippen molar-refractivity contribution in [3.8, 4) is 11.5 Å². The Balaban J connectivity index is 1.50. The molecular formula is C20H25N3O3. The summed E-state index contributed by atoms with van der Waals surface area (Å²) in [5.74, 6) is 1.22. The van der Waals surface area contributed by atoms with Crippen molar-refractivity contribution in [2.45, 2.75) is 18.9 Å². The highest BCUT2D eigenvalue weighted by molar-refractivity contribution is 5.89. The molecule has 1 fully saturated rings. The number of carbonyl (C=O) groups is 1. The van der Waals surface area contributed by atoms with Gasteiger partial charge in [0.2, 0.25) is 0 Å². The Morgan fingerprint density at radius 2 is 1.69 bits per heavy atom. The van der Waals surface area contributed by atoms with Crippen LogP contribution in [0.25, 0.3) is 0 Å². The Labute approximate surface area is 154 Å². The lowest BCUT2D eigenvalue weighted by molar-refractivity contribution is 0.246. The molecule has 0 bridgehead atoms. The number of methoxy groups -OCH3 is 2. The Hall–Kier alpha value is -2.89. The molecule has 1 saturated heterocycles. The van der Waals surface area contributed by atoms with Crippen LogP contribution < -0.4 is 25.0 Å². The van der Waals surface area contributed by atoms with E-state index in [0.717, 1.165) is 25.9 Å². The third kappa shape index (κ3) is 4.39. The molecule has 0 saturated carbocycles. The highest BCUT2D eigenvalue weighted by Gasteiger charge is 2.21. The average Bonchev–Trinajstić information content (AvgIpc) is 2.69. The summed E-state index contributed by atoms with van der Waals surface area (Å²) in [6.45, 7) is 1.87. The van der Waals surface area contributed by atoms with Gasteiger partial charge in [0.15, 0.2) is 11.5 Å². The van der Waals surface area contributed by atoms with Crippen LogP contribution in [-0.4, -0.2) is 39.4 Å². The number of nitrogens with zero attached hydrogens (tertiary/aromatic N) is 1. The normalized spacial score (nSPS) is 14.6. The molecule has 3 rings (SSSR count). The quantitative estimate of drug-likeness (QED) is 0.862. The van der Waals surface area contributed by atoms with Gasteiger partial charge >= 0.3 is 6.03 Å². The number of piperidine rings is 1. The summed E-state index contributed by atoms with van der Waals surface area (Å²) in [6.07, 6.45) is 1.85. The first-order chi connectivity index (χ1) is 12.7. The molecule has 0 unspecified atom stereocenters. The first-order valence-corrected chi connectivity index (χ1v) is 8.79. The second-order valence-corrected chi connectivity index (χ2v) is 6.27. The monoisotopic (exact) mass is 355 g/mol. The van der Waals surface area contributed by atoms with Crippen molar-refractivity contribution in [2.75, 3.05) is 37.5 Å². The van der Waals surface area contributed by atoms with E-state index in [9.17, 15) is 4.79 Å². The molecule has 0 aliphatic carbocycles. The number of anilines is 2. The second kappa shape index (κ2) is 8.47. The fourth-order valence-corrected chi connectivity index (χ4v) is 3.19. The molecule has 0 radical (unpaired) electrons. The van der Waals surface area contributed by atoms with E-state index in [0.29, 0.717) is 17.2 Å². The van der Waals surface area contributed by atoms with Gasteiger partial charge in [-0.1, -0.05) is 18.2 Å². The van der Waals surface area contributed by atoms with Gasteiger partial charge in [-0.15, -0.1) is 0 Å². The van der Waals surface area contributed by atoms with E-state index in [1.807, 2.05) is 6.07 Å². The lowest BCUT2D eigenvalue weighted by atomic mass is 10.0. The molecule has 1 aliphatic rings. The SMILES string of the molecule is COc1ccc(NC(=O)NC2CCN(c3ccccc3)CC2)cc1OC. The zero-order valence-electron chi connectivity index (χ0n) is 15.2. The van der Waals surface area contributed by atoms with E-state index in [-0.39, 0.29) is 12.1 Å². The van der Waals surface area contributed by atoms with Crippen LogP contribution >= 0.6 is 0 Å². The van der Waals surface area contributed by atoms with E-state index >= 15 is 0 Å². The minimum atomic E-state index is -0.199. The predicted molar refractivity (Wildman–Crippen MR) is 103 cm³/mol. The molecule has 2 amide bonds. The van der Waals surface area contributed by atoms with Crippen LogP contribution in [0.5, 0.6) is 11.5 Å². The minimum absolute atomic E-state index is 0.176. The zero-order chi connectivity index (χ0) is 18.4. The third-order valence-corrected chi connectivity index (χ3v) is 4.59. The van der Waals surface area contributed by atoms with Crippen LogP contribution in [0.4, 0.5) is 16.2 Å². The van der Waals surface area contributed by atoms with E-state index in [1.165, 1.54) is 5.69 Å². The fraction of sp³-hybridized carbons (Fsp3) is 0.350. The van der Waals surface area contributed by atoms with Gasteiger partial charge in [-0.3, -0.25) is 0 Å². The number of hydrogen-bond acceptors (Lipinski definition) is 4.